The standard InChI is InChI=1S/C21H22N4O/c1-14-8-15(2)20(16(3)9-14)25-19-10-18(12-23-13-19)21(26)24-11-17-4-6-22-7-5-17/h4-10,12-13,25H,11H2,1-3H3,(H,24,26). The largest absolute Gasteiger partial charge is 0.354 e. The van der Waals surface area contributed by atoms with Gasteiger partial charge < -0.3 is 10.6 Å². The first-order valence-corrected chi connectivity index (χ1v) is 8.50. The normalized spacial score (nSPS) is 10.4. The summed E-state index contributed by atoms with van der Waals surface area (Å²) in [4.78, 5) is 20.6. The van der Waals surface area contributed by atoms with Crippen LogP contribution in [-0.2, 0) is 6.54 Å². The summed E-state index contributed by atoms with van der Waals surface area (Å²) in [5, 5.41) is 6.29. The third-order valence-corrected chi connectivity index (χ3v) is 4.15. The maximum Gasteiger partial charge on any atom is 0.253 e. The minimum absolute atomic E-state index is 0.157. The summed E-state index contributed by atoms with van der Waals surface area (Å²) in [6.45, 7) is 6.68. The Bertz CT molecular complexity index is 899. The Balaban J connectivity index is 1.73. The fraction of sp³-hybridized carbons (Fsp3) is 0.190. The summed E-state index contributed by atoms with van der Waals surface area (Å²) >= 11 is 0. The molecule has 0 unspecified atom stereocenters. The summed E-state index contributed by atoms with van der Waals surface area (Å²) in [5.74, 6) is -0.157. The molecule has 3 rings (SSSR count). The molecular formula is C21H22N4O. The molecule has 1 amide bonds. The molecule has 132 valence electrons. The van der Waals surface area contributed by atoms with Crippen LogP contribution in [0.1, 0.15) is 32.6 Å². The quantitative estimate of drug-likeness (QED) is 0.731. The van der Waals surface area contributed by atoms with Crippen molar-refractivity contribution in [2.75, 3.05) is 5.32 Å². The number of aryl methyl sites for hydroxylation is 3. The molecule has 0 aliphatic heterocycles. The molecule has 0 spiro atoms. The van der Waals surface area contributed by atoms with Crippen LogP contribution in [0.2, 0.25) is 0 Å². The molecule has 0 saturated carbocycles. The molecule has 0 radical (unpaired) electrons. The van der Waals surface area contributed by atoms with E-state index in [-0.39, 0.29) is 5.91 Å². The minimum atomic E-state index is -0.157. The number of rotatable bonds is 5. The number of hydrogen-bond acceptors (Lipinski definition) is 4. The van der Waals surface area contributed by atoms with E-state index in [1.54, 1.807) is 24.8 Å². The van der Waals surface area contributed by atoms with E-state index < -0.39 is 0 Å². The Hall–Kier alpha value is -3.21. The first-order chi connectivity index (χ1) is 12.5. The van der Waals surface area contributed by atoms with Gasteiger partial charge in [-0.1, -0.05) is 17.7 Å². The average Bonchev–Trinajstić information content (AvgIpc) is 2.64. The van der Waals surface area contributed by atoms with E-state index in [0.29, 0.717) is 12.1 Å². The second-order valence-electron chi connectivity index (χ2n) is 6.40. The van der Waals surface area contributed by atoms with E-state index >= 15 is 0 Å². The second-order valence-corrected chi connectivity index (χ2v) is 6.40. The molecule has 26 heavy (non-hydrogen) atoms. The molecule has 0 atom stereocenters. The zero-order chi connectivity index (χ0) is 18.5. The number of carbonyl (C=O) groups is 1. The minimum Gasteiger partial charge on any atom is -0.354 e. The van der Waals surface area contributed by atoms with Crippen LogP contribution in [0.15, 0.2) is 55.1 Å². The molecule has 1 aromatic carbocycles. The van der Waals surface area contributed by atoms with Crippen molar-refractivity contribution in [1.29, 1.82) is 0 Å². The number of aromatic nitrogens is 2. The van der Waals surface area contributed by atoms with Crippen molar-refractivity contribution in [3.05, 3.63) is 82.9 Å². The lowest BCUT2D eigenvalue weighted by atomic mass is 10.0. The van der Waals surface area contributed by atoms with Crippen LogP contribution in [0.3, 0.4) is 0 Å². The lowest BCUT2D eigenvalue weighted by Gasteiger charge is -2.14. The Morgan fingerprint density at radius 1 is 0.962 bits per heavy atom. The maximum absolute atomic E-state index is 12.4. The van der Waals surface area contributed by atoms with E-state index in [1.807, 2.05) is 18.2 Å². The van der Waals surface area contributed by atoms with E-state index in [9.17, 15) is 4.79 Å². The number of amides is 1. The highest BCUT2D eigenvalue weighted by atomic mass is 16.1. The van der Waals surface area contributed by atoms with Crippen LogP contribution in [-0.4, -0.2) is 15.9 Å². The third kappa shape index (κ3) is 4.25. The Morgan fingerprint density at radius 2 is 1.65 bits per heavy atom. The molecule has 0 aliphatic carbocycles. The fourth-order valence-electron chi connectivity index (χ4n) is 2.94. The fourth-order valence-corrected chi connectivity index (χ4v) is 2.94. The summed E-state index contributed by atoms with van der Waals surface area (Å²) in [6.07, 6.45) is 6.71. The van der Waals surface area contributed by atoms with Gasteiger partial charge in [0.05, 0.1) is 17.4 Å². The van der Waals surface area contributed by atoms with Crippen LogP contribution < -0.4 is 10.6 Å². The molecule has 0 fully saturated rings. The number of anilines is 2. The van der Waals surface area contributed by atoms with Crippen molar-refractivity contribution in [3.63, 3.8) is 0 Å². The van der Waals surface area contributed by atoms with Gasteiger partial charge in [0, 0.05) is 30.8 Å². The van der Waals surface area contributed by atoms with Gasteiger partial charge in [-0.3, -0.25) is 14.8 Å². The summed E-state index contributed by atoms with van der Waals surface area (Å²) in [5.41, 5.74) is 6.91. The third-order valence-electron chi connectivity index (χ3n) is 4.15. The molecule has 3 aromatic rings. The lowest BCUT2D eigenvalue weighted by molar-refractivity contribution is 0.0950. The number of benzene rings is 1. The number of pyridine rings is 2. The molecule has 2 heterocycles. The van der Waals surface area contributed by atoms with Gasteiger partial charge >= 0.3 is 0 Å². The van der Waals surface area contributed by atoms with Crippen molar-refractivity contribution in [2.45, 2.75) is 27.3 Å². The number of hydrogen-bond donors (Lipinski definition) is 2. The monoisotopic (exact) mass is 346 g/mol. The second kappa shape index (κ2) is 7.78. The highest BCUT2D eigenvalue weighted by Gasteiger charge is 2.09. The molecular weight excluding hydrogens is 324 g/mol. The van der Waals surface area contributed by atoms with Gasteiger partial charge in [-0.15, -0.1) is 0 Å². The van der Waals surface area contributed by atoms with Crippen LogP contribution >= 0.6 is 0 Å². The van der Waals surface area contributed by atoms with E-state index in [0.717, 1.165) is 28.1 Å². The smallest absolute Gasteiger partial charge is 0.253 e. The Morgan fingerprint density at radius 3 is 2.35 bits per heavy atom. The van der Waals surface area contributed by atoms with Crippen molar-refractivity contribution in [2.24, 2.45) is 0 Å². The van der Waals surface area contributed by atoms with Crippen molar-refractivity contribution in [3.8, 4) is 0 Å². The predicted molar refractivity (Wildman–Crippen MR) is 104 cm³/mol. The van der Waals surface area contributed by atoms with E-state index in [2.05, 4.69) is 53.5 Å². The first kappa shape index (κ1) is 17.6. The number of nitrogens with one attached hydrogen (secondary N) is 2. The Kier molecular flexibility index (Phi) is 5.27. The van der Waals surface area contributed by atoms with Gasteiger partial charge in [-0.05, 0) is 55.7 Å². The molecule has 5 heteroatoms. The van der Waals surface area contributed by atoms with E-state index in [4.69, 9.17) is 0 Å². The number of carbonyl (C=O) groups excluding carboxylic acids is 1. The summed E-state index contributed by atoms with van der Waals surface area (Å²) < 4.78 is 0. The molecule has 2 N–H and O–H groups in total. The van der Waals surface area contributed by atoms with Crippen LogP contribution in [0.4, 0.5) is 11.4 Å². The van der Waals surface area contributed by atoms with Crippen LogP contribution in [0, 0.1) is 20.8 Å². The van der Waals surface area contributed by atoms with Crippen molar-refractivity contribution >= 4 is 17.3 Å². The van der Waals surface area contributed by atoms with Crippen molar-refractivity contribution in [1.82, 2.24) is 15.3 Å². The summed E-state index contributed by atoms with van der Waals surface area (Å²) in [6, 6.07) is 9.83. The van der Waals surface area contributed by atoms with Crippen molar-refractivity contribution < 1.29 is 4.79 Å². The predicted octanol–water partition coefficient (Wildman–Crippen LogP) is 4.08. The SMILES string of the molecule is Cc1cc(C)c(Nc2cncc(C(=O)NCc3ccncc3)c2)c(C)c1. The molecule has 0 saturated heterocycles. The number of nitrogens with zero attached hydrogens (tertiary/aromatic N) is 2. The zero-order valence-corrected chi connectivity index (χ0v) is 15.2. The average molecular weight is 346 g/mol. The van der Waals surface area contributed by atoms with Gasteiger partial charge in [0.2, 0.25) is 0 Å². The van der Waals surface area contributed by atoms with E-state index in [1.165, 1.54) is 5.56 Å². The van der Waals surface area contributed by atoms with Gasteiger partial charge in [-0.25, -0.2) is 0 Å². The lowest BCUT2D eigenvalue weighted by Crippen LogP contribution is -2.23. The maximum atomic E-state index is 12.4. The summed E-state index contributed by atoms with van der Waals surface area (Å²) in [7, 11) is 0. The molecule has 0 aliphatic rings. The molecule has 0 bridgehead atoms. The van der Waals surface area contributed by atoms with Gasteiger partial charge in [0.15, 0.2) is 0 Å². The van der Waals surface area contributed by atoms with Crippen LogP contribution in [0.25, 0.3) is 0 Å². The first-order valence-electron chi connectivity index (χ1n) is 8.50. The van der Waals surface area contributed by atoms with Crippen LogP contribution in [0.5, 0.6) is 0 Å². The van der Waals surface area contributed by atoms with Gasteiger partial charge in [0.25, 0.3) is 5.91 Å². The highest BCUT2D eigenvalue weighted by molar-refractivity contribution is 5.94. The van der Waals surface area contributed by atoms with Gasteiger partial charge in [0.1, 0.15) is 0 Å². The molecule has 2 aromatic heterocycles. The highest BCUT2D eigenvalue weighted by Crippen LogP contribution is 2.25. The molecule has 5 nitrogen and oxygen atoms in total. The van der Waals surface area contributed by atoms with Gasteiger partial charge in [-0.2, -0.15) is 0 Å². The zero-order valence-electron chi connectivity index (χ0n) is 15.2. The Labute approximate surface area is 153 Å². The topological polar surface area (TPSA) is 66.9 Å².